The second-order valence-electron chi connectivity index (χ2n) is 9.62. The number of aliphatic hydroxyl groups is 1. The molecule has 0 radical (unpaired) electrons. The fourth-order valence-corrected chi connectivity index (χ4v) is 6.55. The first kappa shape index (κ1) is 19.5. The van der Waals surface area contributed by atoms with Gasteiger partial charge in [0.05, 0.1) is 6.10 Å². The van der Waals surface area contributed by atoms with Gasteiger partial charge in [0.2, 0.25) is 5.91 Å². The van der Waals surface area contributed by atoms with Gasteiger partial charge >= 0.3 is 0 Å². The van der Waals surface area contributed by atoms with E-state index in [1.807, 2.05) is 24.3 Å². The van der Waals surface area contributed by atoms with E-state index in [4.69, 9.17) is 5.73 Å². The van der Waals surface area contributed by atoms with Crippen molar-refractivity contribution in [1.29, 1.82) is 0 Å². The molecule has 3 aliphatic rings. The number of aliphatic hydroxyl groups excluding tert-OH is 1. The first-order valence-corrected chi connectivity index (χ1v) is 10.9. The van der Waals surface area contributed by atoms with Crippen molar-refractivity contribution in [3.63, 3.8) is 0 Å². The summed E-state index contributed by atoms with van der Waals surface area (Å²) in [6.07, 6.45) is 6.41. The minimum atomic E-state index is -0.477. The maximum atomic E-state index is 13.7. The molecular formula is C26H28FNO2. The van der Waals surface area contributed by atoms with Gasteiger partial charge in [-0.1, -0.05) is 31.2 Å². The van der Waals surface area contributed by atoms with Gasteiger partial charge in [0.15, 0.2) is 0 Å². The summed E-state index contributed by atoms with van der Waals surface area (Å²) in [7, 11) is 0. The molecule has 2 aromatic rings. The van der Waals surface area contributed by atoms with Crippen molar-refractivity contribution in [3.05, 3.63) is 76.1 Å². The van der Waals surface area contributed by atoms with Crippen molar-refractivity contribution >= 4 is 12.0 Å². The number of carbonyl (C=O) groups excluding carboxylic acids is 1. The Labute approximate surface area is 176 Å². The molecule has 3 aliphatic carbocycles. The van der Waals surface area contributed by atoms with Crippen molar-refractivity contribution in [2.45, 2.75) is 51.0 Å². The summed E-state index contributed by atoms with van der Waals surface area (Å²) in [5.41, 5.74) is 10.2. The number of rotatable bonds is 2. The first-order chi connectivity index (χ1) is 14.4. The number of hydrogen-bond donors (Lipinski definition) is 2. The molecule has 0 spiro atoms. The van der Waals surface area contributed by atoms with E-state index in [9.17, 15) is 14.3 Å². The molecular weight excluding hydrogens is 377 g/mol. The van der Waals surface area contributed by atoms with E-state index in [0.29, 0.717) is 23.3 Å². The Kier molecular flexibility index (Phi) is 4.59. The molecule has 3 nitrogen and oxygen atoms in total. The van der Waals surface area contributed by atoms with Crippen LogP contribution < -0.4 is 5.73 Å². The van der Waals surface area contributed by atoms with Gasteiger partial charge in [-0.3, -0.25) is 4.79 Å². The predicted octanol–water partition coefficient (Wildman–Crippen LogP) is 4.84. The highest BCUT2D eigenvalue weighted by molar-refractivity contribution is 5.93. The number of aryl methyl sites for hydroxylation is 1. The number of nitrogens with two attached hydrogens (primary N) is 1. The number of hydrogen-bond acceptors (Lipinski definition) is 2. The minimum Gasteiger partial charge on any atom is -0.388 e. The van der Waals surface area contributed by atoms with Crippen LogP contribution in [0, 0.1) is 23.1 Å². The molecule has 0 unspecified atom stereocenters. The maximum Gasteiger partial charge on any atom is 0.248 e. The Morgan fingerprint density at radius 3 is 2.87 bits per heavy atom. The van der Waals surface area contributed by atoms with E-state index in [2.05, 4.69) is 6.92 Å². The van der Waals surface area contributed by atoms with Crippen LogP contribution in [0.1, 0.15) is 65.6 Å². The molecule has 2 saturated carbocycles. The molecule has 2 aromatic carbocycles. The summed E-state index contributed by atoms with van der Waals surface area (Å²) < 4.78 is 13.7. The molecule has 0 aromatic heterocycles. The highest BCUT2D eigenvalue weighted by Gasteiger charge is 2.56. The van der Waals surface area contributed by atoms with E-state index >= 15 is 0 Å². The Bertz CT molecular complexity index is 1050. The van der Waals surface area contributed by atoms with Crippen molar-refractivity contribution in [1.82, 2.24) is 0 Å². The Morgan fingerprint density at radius 2 is 2.07 bits per heavy atom. The molecule has 2 fully saturated rings. The van der Waals surface area contributed by atoms with E-state index in [1.54, 1.807) is 24.3 Å². The molecule has 3 N–H and O–H groups in total. The van der Waals surface area contributed by atoms with Gasteiger partial charge in [0.25, 0.3) is 0 Å². The molecule has 30 heavy (non-hydrogen) atoms. The van der Waals surface area contributed by atoms with Crippen LogP contribution in [-0.4, -0.2) is 17.1 Å². The van der Waals surface area contributed by atoms with Gasteiger partial charge < -0.3 is 10.8 Å². The van der Waals surface area contributed by atoms with Crippen LogP contribution >= 0.6 is 0 Å². The van der Waals surface area contributed by atoms with Crippen LogP contribution in [0.3, 0.4) is 0 Å². The van der Waals surface area contributed by atoms with Crippen LogP contribution in [0.4, 0.5) is 4.39 Å². The standard InChI is InChI=1S/C26H28FNO2/c1-26-10-9-21-20-8-6-19(27)13-16(20)5-7-22(21)23(26)14-18(24(26)29)12-15-3-2-4-17(11-15)25(28)30/h2-4,6,8,11-13,21-24,29H,5,7,9-10,14H2,1H3,(H2,28,30)/t21-,22-,23+,24+,26+/m1/s1. The molecule has 0 aliphatic heterocycles. The zero-order valence-corrected chi connectivity index (χ0v) is 17.3. The molecule has 0 bridgehead atoms. The van der Waals surface area contributed by atoms with E-state index < -0.39 is 12.0 Å². The quantitative estimate of drug-likeness (QED) is 0.751. The number of carbonyl (C=O) groups is 1. The van der Waals surface area contributed by atoms with Crippen LogP contribution in [0.5, 0.6) is 0 Å². The number of fused-ring (bicyclic) bond motifs is 5. The average molecular weight is 406 g/mol. The SMILES string of the molecule is C[C@]12CC[C@@H]3c4ccc(F)cc4CC[C@H]3[C@@H]1CC(=Cc1cccc(C(N)=O)c1)[C@@H]2O. The molecule has 5 atom stereocenters. The minimum absolute atomic E-state index is 0.133. The Hall–Kier alpha value is -2.46. The number of halogens is 1. The lowest BCUT2D eigenvalue weighted by Gasteiger charge is -2.49. The lowest BCUT2D eigenvalue weighted by Crippen LogP contribution is -2.44. The van der Waals surface area contributed by atoms with Crippen molar-refractivity contribution in [2.24, 2.45) is 23.0 Å². The third kappa shape index (κ3) is 3.01. The highest BCUT2D eigenvalue weighted by atomic mass is 19.1. The molecule has 156 valence electrons. The number of amides is 1. The van der Waals surface area contributed by atoms with Crippen molar-refractivity contribution < 1.29 is 14.3 Å². The summed E-state index contributed by atoms with van der Waals surface area (Å²) in [5, 5.41) is 11.3. The predicted molar refractivity (Wildman–Crippen MR) is 115 cm³/mol. The number of primary amides is 1. The van der Waals surface area contributed by atoms with Gasteiger partial charge in [-0.15, -0.1) is 0 Å². The van der Waals surface area contributed by atoms with Crippen LogP contribution in [0.25, 0.3) is 6.08 Å². The van der Waals surface area contributed by atoms with E-state index in [-0.39, 0.29) is 11.2 Å². The molecule has 0 saturated heterocycles. The lowest BCUT2D eigenvalue weighted by atomic mass is 9.55. The van der Waals surface area contributed by atoms with Crippen LogP contribution in [0.15, 0.2) is 48.0 Å². The molecule has 0 heterocycles. The van der Waals surface area contributed by atoms with Gasteiger partial charge in [-0.05, 0) is 96.4 Å². The van der Waals surface area contributed by atoms with E-state index in [1.165, 1.54) is 5.56 Å². The molecule has 1 amide bonds. The second-order valence-corrected chi connectivity index (χ2v) is 9.62. The normalized spacial score (nSPS) is 33.6. The number of benzene rings is 2. The van der Waals surface area contributed by atoms with Gasteiger partial charge in [-0.25, -0.2) is 4.39 Å². The fourth-order valence-electron chi connectivity index (χ4n) is 6.55. The zero-order valence-electron chi connectivity index (χ0n) is 17.3. The maximum absolute atomic E-state index is 13.7. The van der Waals surface area contributed by atoms with Gasteiger partial charge in [0.1, 0.15) is 5.82 Å². The van der Waals surface area contributed by atoms with Gasteiger partial charge in [0, 0.05) is 11.0 Å². The Balaban J connectivity index is 1.47. The largest absolute Gasteiger partial charge is 0.388 e. The van der Waals surface area contributed by atoms with Crippen LogP contribution in [0.2, 0.25) is 0 Å². The van der Waals surface area contributed by atoms with Crippen molar-refractivity contribution in [2.75, 3.05) is 0 Å². The monoisotopic (exact) mass is 405 g/mol. The fraction of sp³-hybridized carbons (Fsp3) is 0.423. The summed E-state index contributed by atoms with van der Waals surface area (Å²) in [4.78, 5) is 11.5. The molecule has 5 rings (SSSR count). The smallest absolute Gasteiger partial charge is 0.248 e. The van der Waals surface area contributed by atoms with E-state index in [0.717, 1.165) is 48.8 Å². The van der Waals surface area contributed by atoms with Gasteiger partial charge in [-0.2, -0.15) is 0 Å². The summed E-state index contributed by atoms with van der Waals surface area (Å²) in [5.74, 6) is 0.793. The first-order valence-electron chi connectivity index (χ1n) is 10.9. The molecule has 4 heteroatoms. The third-order valence-electron chi connectivity index (χ3n) is 8.08. The highest BCUT2D eigenvalue weighted by Crippen LogP contribution is 2.62. The van der Waals surface area contributed by atoms with Crippen LogP contribution in [-0.2, 0) is 6.42 Å². The topological polar surface area (TPSA) is 63.3 Å². The summed E-state index contributed by atoms with van der Waals surface area (Å²) >= 11 is 0. The second kappa shape index (κ2) is 7.05. The van der Waals surface area contributed by atoms with Crippen molar-refractivity contribution in [3.8, 4) is 0 Å². The summed E-state index contributed by atoms with van der Waals surface area (Å²) in [6.45, 7) is 2.24. The summed E-state index contributed by atoms with van der Waals surface area (Å²) in [6, 6.07) is 12.6. The Morgan fingerprint density at radius 1 is 1.23 bits per heavy atom. The average Bonchev–Trinajstić information content (AvgIpc) is 2.98. The lowest BCUT2D eigenvalue weighted by molar-refractivity contribution is -0.0158. The zero-order chi connectivity index (χ0) is 21.0. The third-order valence-corrected chi connectivity index (χ3v) is 8.08.